The van der Waals surface area contributed by atoms with Crippen LogP contribution in [-0.2, 0) is 14.8 Å². The number of nitro benzene ring substituents is 1. The molecule has 1 aromatic rings. The molecule has 1 aromatic carbocycles. The zero-order chi connectivity index (χ0) is 14.8. The molecule has 0 bridgehead atoms. The standard InChI is InChI=1S/C10H11FN2O5S/c1-6(7(2)14)12-19(17,18)10-5-8(13(15)16)3-4-9(10)11/h3-6,12H,1-2H3. The van der Waals surface area contributed by atoms with Crippen LogP contribution in [0.15, 0.2) is 23.1 Å². The van der Waals surface area contributed by atoms with E-state index in [4.69, 9.17) is 0 Å². The first-order chi connectivity index (χ1) is 8.65. The van der Waals surface area contributed by atoms with Gasteiger partial charge in [-0.15, -0.1) is 0 Å². The van der Waals surface area contributed by atoms with Crippen molar-refractivity contribution in [1.29, 1.82) is 0 Å². The molecule has 7 nitrogen and oxygen atoms in total. The van der Waals surface area contributed by atoms with E-state index >= 15 is 0 Å². The Balaban J connectivity index is 3.24. The molecule has 19 heavy (non-hydrogen) atoms. The van der Waals surface area contributed by atoms with Gasteiger partial charge in [-0.3, -0.25) is 14.9 Å². The summed E-state index contributed by atoms with van der Waals surface area (Å²) in [5.74, 6) is -1.59. The van der Waals surface area contributed by atoms with Crippen molar-refractivity contribution in [2.24, 2.45) is 0 Å². The van der Waals surface area contributed by atoms with Gasteiger partial charge in [0.05, 0.1) is 11.0 Å². The number of carbonyl (C=O) groups is 1. The second-order valence-electron chi connectivity index (χ2n) is 3.83. The van der Waals surface area contributed by atoms with Gasteiger partial charge in [0, 0.05) is 12.1 Å². The second-order valence-corrected chi connectivity index (χ2v) is 5.51. The van der Waals surface area contributed by atoms with Crippen LogP contribution in [0.4, 0.5) is 10.1 Å². The predicted molar refractivity (Wildman–Crippen MR) is 63.5 cm³/mol. The van der Waals surface area contributed by atoms with Gasteiger partial charge in [0.25, 0.3) is 5.69 Å². The van der Waals surface area contributed by atoms with Crippen LogP contribution >= 0.6 is 0 Å². The fraction of sp³-hybridized carbons (Fsp3) is 0.300. The number of sulfonamides is 1. The molecule has 0 aliphatic carbocycles. The topological polar surface area (TPSA) is 106 Å². The lowest BCUT2D eigenvalue weighted by Crippen LogP contribution is -2.37. The highest BCUT2D eigenvalue weighted by atomic mass is 32.2. The summed E-state index contributed by atoms with van der Waals surface area (Å²) in [6, 6.07) is 1.09. The van der Waals surface area contributed by atoms with Crippen molar-refractivity contribution in [3.8, 4) is 0 Å². The van der Waals surface area contributed by atoms with Crippen molar-refractivity contribution in [3.05, 3.63) is 34.1 Å². The van der Waals surface area contributed by atoms with E-state index in [1.807, 2.05) is 4.72 Å². The van der Waals surface area contributed by atoms with Crippen LogP contribution in [0.1, 0.15) is 13.8 Å². The van der Waals surface area contributed by atoms with Gasteiger partial charge < -0.3 is 0 Å². The van der Waals surface area contributed by atoms with Crippen molar-refractivity contribution in [3.63, 3.8) is 0 Å². The number of ketones is 1. The Morgan fingerprint density at radius 1 is 1.47 bits per heavy atom. The summed E-state index contributed by atoms with van der Waals surface area (Å²) < 4.78 is 39.0. The van der Waals surface area contributed by atoms with E-state index in [-0.39, 0.29) is 0 Å². The Morgan fingerprint density at radius 2 is 2.05 bits per heavy atom. The number of hydrogen-bond acceptors (Lipinski definition) is 5. The van der Waals surface area contributed by atoms with E-state index < -0.39 is 43.2 Å². The lowest BCUT2D eigenvalue weighted by molar-refractivity contribution is -0.385. The summed E-state index contributed by atoms with van der Waals surface area (Å²) in [4.78, 5) is 19.8. The Morgan fingerprint density at radius 3 is 2.53 bits per heavy atom. The van der Waals surface area contributed by atoms with Crippen LogP contribution < -0.4 is 4.72 Å². The van der Waals surface area contributed by atoms with Crippen LogP contribution in [-0.4, -0.2) is 25.2 Å². The third kappa shape index (κ3) is 3.55. The van der Waals surface area contributed by atoms with Crippen molar-refractivity contribution >= 4 is 21.5 Å². The van der Waals surface area contributed by atoms with E-state index in [0.29, 0.717) is 12.1 Å². The van der Waals surface area contributed by atoms with Gasteiger partial charge in [-0.2, -0.15) is 0 Å². The third-order valence-electron chi connectivity index (χ3n) is 2.36. The highest BCUT2D eigenvalue weighted by Gasteiger charge is 2.25. The third-order valence-corrected chi connectivity index (χ3v) is 3.91. The molecule has 9 heteroatoms. The smallest absolute Gasteiger partial charge is 0.270 e. The summed E-state index contributed by atoms with van der Waals surface area (Å²) in [7, 11) is -4.34. The maximum atomic E-state index is 13.5. The number of Topliss-reactive ketones (excluding diaryl/α,β-unsaturated/α-hetero) is 1. The molecule has 1 unspecified atom stereocenters. The Bertz CT molecular complexity index is 629. The molecule has 0 aliphatic heterocycles. The molecule has 104 valence electrons. The first-order valence-corrected chi connectivity index (χ1v) is 6.60. The minimum absolute atomic E-state index is 0.464. The summed E-state index contributed by atoms with van der Waals surface area (Å²) in [6.07, 6.45) is 0. The van der Waals surface area contributed by atoms with E-state index in [9.17, 15) is 27.7 Å². The lowest BCUT2D eigenvalue weighted by atomic mass is 10.3. The number of halogens is 1. The average molecular weight is 290 g/mol. The SMILES string of the molecule is CC(=O)C(C)NS(=O)(=O)c1cc([N+](=O)[O-])ccc1F. The molecule has 0 saturated heterocycles. The molecule has 1 rings (SSSR count). The molecular weight excluding hydrogens is 279 g/mol. The fourth-order valence-corrected chi connectivity index (χ4v) is 2.55. The summed E-state index contributed by atoms with van der Waals surface area (Å²) >= 11 is 0. The zero-order valence-electron chi connectivity index (χ0n) is 10.1. The number of nitrogens with one attached hydrogen (secondary N) is 1. The molecular formula is C10H11FN2O5S. The minimum Gasteiger partial charge on any atom is -0.298 e. The van der Waals surface area contributed by atoms with Gasteiger partial charge in [0.1, 0.15) is 16.5 Å². The van der Waals surface area contributed by atoms with Crippen molar-refractivity contribution in [1.82, 2.24) is 4.72 Å². The number of nitro groups is 1. The molecule has 0 spiro atoms. The van der Waals surface area contributed by atoms with Crippen molar-refractivity contribution in [2.45, 2.75) is 24.8 Å². The van der Waals surface area contributed by atoms with E-state index in [1.54, 1.807) is 0 Å². The monoisotopic (exact) mass is 290 g/mol. The Kier molecular flexibility index (Phi) is 4.32. The van der Waals surface area contributed by atoms with E-state index in [1.165, 1.54) is 6.92 Å². The lowest BCUT2D eigenvalue weighted by Gasteiger charge is -2.11. The molecule has 0 heterocycles. The van der Waals surface area contributed by atoms with Gasteiger partial charge in [-0.1, -0.05) is 0 Å². The maximum Gasteiger partial charge on any atom is 0.270 e. The first kappa shape index (κ1) is 15.2. The van der Waals surface area contributed by atoms with Gasteiger partial charge in [0.2, 0.25) is 10.0 Å². The van der Waals surface area contributed by atoms with Gasteiger partial charge in [0.15, 0.2) is 0 Å². The van der Waals surface area contributed by atoms with Gasteiger partial charge in [-0.05, 0) is 19.9 Å². The molecule has 1 N–H and O–H groups in total. The largest absolute Gasteiger partial charge is 0.298 e. The molecule has 0 saturated carbocycles. The van der Waals surface area contributed by atoms with Crippen LogP contribution in [0.2, 0.25) is 0 Å². The molecule has 0 aromatic heterocycles. The number of nitrogens with zero attached hydrogens (tertiary/aromatic N) is 1. The average Bonchev–Trinajstić information content (AvgIpc) is 2.28. The molecule has 0 aliphatic rings. The fourth-order valence-electron chi connectivity index (χ4n) is 1.19. The van der Waals surface area contributed by atoms with Crippen LogP contribution in [0.5, 0.6) is 0 Å². The van der Waals surface area contributed by atoms with E-state index in [2.05, 4.69) is 0 Å². The molecule has 0 fully saturated rings. The number of hydrogen-bond donors (Lipinski definition) is 1. The predicted octanol–water partition coefficient (Wildman–Crippen LogP) is 0.990. The quantitative estimate of drug-likeness (QED) is 0.643. The minimum atomic E-state index is -4.34. The van der Waals surface area contributed by atoms with Crippen LogP contribution in [0.25, 0.3) is 0 Å². The Labute approximate surface area is 108 Å². The zero-order valence-corrected chi connectivity index (χ0v) is 10.9. The first-order valence-electron chi connectivity index (χ1n) is 5.12. The van der Waals surface area contributed by atoms with Crippen molar-refractivity contribution < 1.29 is 22.5 Å². The van der Waals surface area contributed by atoms with Gasteiger partial charge in [-0.25, -0.2) is 17.5 Å². The number of rotatable bonds is 5. The summed E-state index contributed by atoms with van der Waals surface area (Å²) in [5, 5.41) is 10.5. The maximum absolute atomic E-state index is 13.5. The van der Waals surface area contributed by atoms with Crippen LogP contribution in [0, 0.1) is 15.9 Å². The number of carbonyl (C=O) groups excluding carboxylic acids is 1. The number of benzene rings is 1. The summed E-state index contributed by atoms with van der Waals surface area (Å²) in [6.45, 7) is 2.45. The van der Waals surface area contributed by atoms with Gasteiger partial charge >= 0.3 is 0 Å². The van der Waals surface area contributed by atoms with E-state index in [0.717, 1.165) is 13.0 Å². The van der Waals surface area contributed by atoms with Crippen LogP contribution in [0.3, 0.4) is 0 Å². The number of non-ortho nitro benzene ring substituents is 1. The molecule has 1 atom stereocenters. The highest BCUT2D eigenvalue weighted by molar-refractivity contribution is 7.89. The molecule has 0 radical (unpaired) electrons. The Hall–Kier alpha value is -1.87. The second kappa shape index (κ2) is 5.41. The molecule has 0 amide bonds. The normalized spacial score (nSPS) is 13.0. The highest BCUT2D eigenvalue weighted by Crippen LogP contribution is 2.21. The summed E-state index contributed by atoms with van der Waals surface area (Å²) in [5.41, 5.74) is -0.558. The van der Waals surface area contributed by atoms with Crippen molar-refractivity contribution in [2.75, 3.05) is 0 Å².